The minimum atomic E-state index is -4.37. The van der Waals surface area contributed by atoms with Crippen LogP contribution in [0, 0.1) is 0 Å². The normalized spacial score (nSPS) is 18.6. The number of nitrogens with zero attached hydrogens (tertiary/aromatic N) is 4. The summed E-state index contributed by atoms with van der Waals surface area (Å²) >= 11 is 6.44. The Balaban J connectivity index is 1.52. The monoisotopic (exact) mass is 567 g/mol. The first-order chi connectivity index (χ1) is 17.9. The number of benzene rings is 2. The third-order valence-electron chi connectivity index (χ3n) is 7.03. The minimum absolute atomic E-state index is 0.0676. The van der Waals surface area contributed by atoms with E-state index in [1.165, 1.54) is 36.8 Å². The predicted octanol–water partition coefficient (Wildman–Crippen LogP) is 5.48. The second kappa shape index (κ2) is 11.1. The molecule has 1 saturated heterocycles. The summed E-state index contributed by atoms with van der Waals surface area (Å²) in [4.78, 5) is 11.9. The van der Waals surface area contributed by atoms with Crippen molar-refractivity contribution in [2.45, 2.75) is 42.3 Å². The van der Waals surface area contributed by atoms with Crippen molar-refractivity contribution in [2.24, 2.45) is 0 Å². The van der Waals surface area contributed by atoms with Gasteiger partial charge in [0.05, 0.1) is 10.6 Å². The van der Waals surface area contributed by atoms with Gasteiger partial charge in [-0.2, -0.15) is 13.2 Å². The molecule has 0 amide bonds. The molecule has 1 aliphatic rings. The highest BCUT2D eigenvalue weighted by Gasteiger charge is 2.38. The number of nitrogens with one attached hydrogen (secondary N) is 1. The Morgan fingerprint density at radius 1 is 1.16 bits per heavy atom. The molecule has 1 N–H and O–H groups in total. The largest absolute Gasteiger partial charge is 0.416 e. The van der Waals surface area contributed by atoms with Crippen LogP contribution in [0.25, 0.3) is 0 Å². The number of aromatic nitrogens is 2. The molecule has 12 heteroatoms. The summed E-state index contributed by atoms with van der Waals surface area (Å²) in [6.07, 6.45) is 1.22. The maximum Gasteiger partial charge on any atom is 0.416 e. The van der Waals surface area contributed by atoms with Gasteiger partial charge < -0.3 is 9.80 Å². The van der Waals surface area contributed by atoms with Crippen LogP contribution < -0.4 is 9.62 Å². The van der Waals surface area contributed by atoms with Gasteiger partial charge in [-0.1, -0.05) is 29.8 Å². The lowest BCUT2D eigenvalue weighted by molar-refractivity contribution is -0.137. The minimum Gasteiger partial charge on any atom is -0.370 e. The number of hydrogen-bond acceptors (Lipinski definition) is 6. The Hall–Kier alpha value is -2.89. The zero-order valence-corrected chi connectivity index (χ0v) is 22.6. The van der Waals surface area contributed by atoms with E-state index in [9.17, 15) is 21.6 Å². The van der Waals surface area contributed by atoms with Gasteiger partial charge in [-0.25, -0.2) is 18.4 Å². The van der Waals surface area contributed by atoms with Crippen molar-refractivity contribution >= 4 is 33.1 Å². The fourth-order valence-electron chi connectivity index (χ4n) is 4.85. The van der Waals surface area contributed by atoms with Crippen LogP contribution in [0.15, 0.2) is 66.0 Å². The molecule has 0 unspecified atom stereocenters. The Bertz CT molecular complexity index is 1370. The van der Waals surface area contributed by atoms with E-state index in [4.69, 9.17) is 11.6 Å². The Morgan fingerprint density at radius 3 is 2.61 bits per heavy atom. The molecule has 38 heavy (non-hydrogen) atoms. The number of sulfonamides is 1. The summed E-state index contributed by atoms with van der Waals surface area (Å²) in [5.41, 5.74) is 0.504. The molecule has 0 radical (unpaired) electrons. The second-order valence-electron chi connectivity index (χ2n) is 9.66. The van der Waals surface area contributed by atoms with Crippen LogP contribution >= 0.6 is 11.6 Å². The van der Waals surface area contributed by atoms with Crippen molar-refractivity contribution in [2.75, 3.05) is 36.8 Å². The van der Waals surface area contributed by atoms with Gasteiger partial charge in [-0.15, -0.1) is 0 Å². The molecular formula is C26H29ClF3N5O2S. The number of hydrogen-bond donors (Lipinski definition) is 1. The third kappa shape index (κ3) is 6.39. The van der Waals surface area contributed by atoms with Gasteiger partial charge in [0, 0.05) is 30.5 Å². The van der Waals surface area contributed by atoms with Crippen molar-refractivity contribution < 1.29 is 21.6 Å². The molecule has 2 heterocycles. The SMILES string of the molecule is CN(C)[C@]1(CCc2cccc(C(F)(F)F)c2)CCCN(c2ccc(S(=O)(=O)Nc3ccncn3)c(Cl)c2)C1. The molecule has 0 saturated carbocycles. The van der Waals surface area contributed by atoms with Crippen LogP contribution in [0.3, 0.4) is 0 Å². The molecule has 204 valence electrons. The number of anilines is 2. The molecular weight excluding hydrogens is 539 g/mol. The van der Waals surface area contributed by atoms with Crippen LogP contribution in [-0.2, 0) is 22.6 Å². The summed E-state index contributed by atoms with van der Waals surface area (Å²) < 4.78 is 67.6. The topological polar surface area (TPSA) is 78.4 Å². The fraction of sp³-hybridized carbons (Fsp3) is 0.385. The first kappa shape index (κ1) is 28.1. The smallest absolute Gasteiger partial charge is 0.370 e. The van der Waals surface area contributed by atoms with Gasteiger partial charge in [0.2, 0.25) is 0 Å². The number of rotatable bonds is 8. The van der Waals surface area contributed by atoms with Gasteiger partial charge in [0.15, 0.2) is 0 Å². The number of alkyl halides is 3. The third-order valence-corrected chi connectivity index (χ3v) is 8.87. The molecule has 1 atom stereocenters. The summed E-state index contributed by atoms with van der Waals surface area (Å²) in [5, 5.41) is 0.0778. The lowest BCUT2D eigenvalue weighted by atomic mass is 9.82. The zero-order chi connectivity index (χ0) is 27.6. The number of halogens is 4. The van der Waals surface area contributed by atoms with Crippen molar-refractivity contribution in [1.29, 1.82) is 0 Å². The maximum absolute atomic E-state index is 13.2. The van der Waals surface area contributed by atoms with Gasteiger partial charge >= 0.3 is 6.18 Å². The maximum atomic E-state index is 13.2. The average molecular weight is 568 g/mol. The summed E-state index contributed by atoms with van der Waals surface area (Å²) in [5.74, 6) is 0.132. The quantitative estimate of drug-likeness (QED) is 0.388. The van der Waals surface area contributed by atoms with Crippen molar-refractivity contribution in [3.05, 3.63) is 77.2 Å². The van der Waals surface area contributed by atoms with E-state index < -0.39 is 21.8 Å². The second-order valence-corrected chi connectivity index (χ2v) is 11.7. The Kier molecular flexibility index (Phi) is 8.20. The van der Waals surface area contributed by atoms with E-state index in [0.717, 1.165) is 31.1 Å². The fourth-order valence-corrected chi connectivity index (χ4v) is 6.40. The Labute approximate surface area is 225 Å². The molecule has 0 spiro atoms. The van der Waals surface area contributed by atoms with Gasteiger partial charge in [0.25, 0.3) is 10.0 Å². The molecule has 7 nitrogen and oxygen atoms in total. The number of likely N-dealkylation sites (N-methyl/N-ethyl adjacent to an activating group) is 1. The molecule has 2 aromatic carbocycles. The number of aryl methyl sites for hydroxylation is 1. The highest BCUT2D eigenvalue weighted by atomic mass is 35.5. The molecule has 1 aromatic heterocycles. The molecule has 0 aliphatic carbocycles. The van der Waals surface area contributed by atoms with E-state index in [-0.39, 0.29) is 21.3 Å². The van der Waals surface area contributed by atoms with Crippen molar-refractivity contribution in [3.8, 4) is 0 Å². The molecule has 1 aliphatic heterocycles. The van der Waals surface area contributed by atoms with E-state index >= 15 is 0 Å². The van der Waals surface area contributed by atoms with Crippen molar-refractivity contribution in [1.82, 2.24) is 14.9 Å². The summed E-state index contributed by atoms with van der Waals surface area (Å²) in [7, 11) is 0.00630. The first-order valence-corrected chi connectivity index (χ1v) is 13.9. The van der Waals surface area contributed by atoms with E-state index in [2.05, 4.69) is 24.5 Å². The highest BCUT2D eigenvalue weighted by molar-refractivity contribution is 7.92. The van der Waals surface area contributed by atoms with Crippen molar-refractivity contribution in [3.63, 3.8) is 0 Å². The molecule has 4 rings (SSSR count). The molecule has 1 fully saturated rings. The first-order valence-electron chi connectivity index (χ1n) is 12.1. The summed E-state index contributed by atoms with van der Waals surface area (Å²) in [6, 6.07) is 11.7. The zero-order valence-electron chi connectivity index (χ0n) is 21.0. The van der Waals surface area contributed by atoms with Crippen LogP contribution in [0.5, 0.6) is 0 Å². The lowest BCUT2D eigenvalue weighted by Gasteiger charge is -2.48. The summed E-state index contributed by atoms with van der Waals surface area (Å²) in [6.45, 7) is 1.38. The predicted molar refractivity (Wildman–Crippen MR) is 142 cm³/mol. The van der Waals surface area contributed by atoms with Crippen LogP contribution in [-0.4, -0.2) is 56.0 Å². The van der Waals surface area contributed by atoms with E-state index in [1.807, 2.05) is 14.1 Å². The Morgan fingerprint density at radius 2 is 1.95 bits per heavy atom. The van der Waals surface area contributed by atoms with Crippen LogP contribution in [0.2, 0.25) is 5.02 Å². The number of piperidine rings is 1. The standard InChI is InChI=1S/C26H29ClF3N5O2S/c1-34(2)25(12-9-19-5-3-6-20(15-19)26(28,29)30)11-4-14-35(17-25)21-7-8-23(22(27)16-21)38(36,37)33-24-10-13-31-18-32-24/h3,5-8,10,13,15-16,18H,4,9,11-12,14,17H2,1-2H3,(H,31,32,33)/t25-/m0/s1. The highest BCUT2D eigenvalue weighted by Crippen LogP contribution is 2.36. The van der Waals surface area contributed by atoms with Gasteiger partial charge in [0.1, 0.15) is 17.0 Å². The van der Waals surface area contributed by atoms with Crippen LogP contribution in [0.1, 0.15) is 30.4 Å². The van der Waals surface area contributed by atoms with E-state index in [1.54, 1.807) is 18.2 Å². The van der Waals surface area contributed by atoms with Crippen LogP contribution in [0.4, 0.5) is 24.7 Å². The average Bonchev–Trinajstić information content (AvgIpc) is 2.87. The van der Waals surface area contributed by atoms with Gasteiger partial charge in [-0.05, 0) is 75.7 Å². The van der Waals surface area contributed by atoms with Gasteiger partial charge in [-0.3, -0.25) is 4.72 Å². The lowest BCUT2D eigenvalue weighted by Crippen LogP contribution is -2.56. The molecule has 3 aromatic rings. The molecule has 0 bridgehead atoms. The van der Waals surface area contributed by atoms with E-state index in [0.29, 0.717) is 24.9 Å².